The lowest BCUT2D eigenvalue weighted by molar-refractivity contribution is -0.123. The molecule has 1 atom stereocenters. The second-order valence-electron chi connectivity index (χ2n) is 7.41. The summed E-state index contributed by atoms with van der Waals surface area (Å²) in [6, 6.07) is 17.5. The van der Waals surface area contributed by atoms with Gasteiger partial charge in [-0.15, -0.1) is 0 Å². The summed E-state index contributed by atoms with van der Waals surface area (Å²) in [4.78, 5) is 34.5. The van der Waals surface area contributed by atoms with Crippen molar-refractivity contribution in [1.82, 2.24) is 9.97 Å². The quantitative estimate of drug-likeness (QED) is 0.408. The number of amides is 1. The first-order chi connectivity index (χ1) is 16.5. The van der Waals surface area contributed by atoms with Gasteiger partial charge in [-0.05, 0) is 43.3 Å². The lowest BCUT2D eigenvalue weighted by atomic mass is 10.0. The number of fused-ring (bicyclic) bond motifs is 1. The van der Waals surface area contributed by atoms with Gasteiger partial charge in [0, 0.05) is 35.1 Å². The molecule has 0 radical (unpaired) electrons. The van der Waals surface area contributed by atoms with E-state index in [9.17, 15) is 9.59 Å². The number of carbonyl (C=O) groups is 2. The molecule has 2 heterocycles. The molecule has 0 fully saturated rings. The fraction of sp³-hybridized carbons (Fsp3) is 0.154. The fourth-order valence-electron chi connectivity index (χ4n) is 3.45. The van der Waals surface area contributed by atoms with Crippen molar-refractivity contribution in [3.63, 3.8) is 0 Å². The number of pyridine rings is 2. The molecule has 1 N–H and O–H groups in total. The van der Waals surface area contributed by atoms with Gasteiger partial charge in [-0.1, -0.05) is 18.2 Å². The number of nitrogens with one attached hydrogen (secondary N) is 1. The fourth-order valence-corrected chi connectivity index (χ4v) is 3.45. The topological polar surface area (TPSA) is 99.6 Å². The van der Waals surface area contributed by atoms with Gasteiger partial charge in [-0.3, -0.25) is 9.78 Å². The third-order valence-corrected chi connectivity index (χ3v) is 5.22. The van der Waals surface area contributed by atoms with E-state index >= 15 is 0 Å². The molecule has 0 saturated carbocycles. The van der Waals surface area contributed by atoms with Crippen molar-refractivity contribution >= 4 is 28.5 Å². The number of carbonyl (C=O) groups excluding carboxylic acids is 2. The Hall–Kier alpha value is -4.46. The van der Waals surface area contributed by atoms with Crippen molar-refractivity contribution in [2.24, 2.45) is 0 Å². The first-order valence-corrected chi connectivity index (χ1v) is 10.5. The van der Waals surface area contributed by atoms with Crippen LogP contribution in [0, 0.1) is 0 Å². The number of para-hydroxylation sites is 1. The standard InChI is InChI=1S/C26H23N3O5/c1-16(25(30)28-18-8-9-23(32-2)24(14-18)33-3)34-26(31)20-15-22(17-10-12-27-13-11-17)29-21-7-5-4-6-19(20)21/h4-16H,1-3H3,(H,28,30). The van der Waals surface area contributed by atoms with E-state index in [2.05, 4.69) is 15.3 Å². The highest BCUT2D eigenvalue weighted by Crippen LogP contribution is 2.30. The summed E-state index contributed by atoms with van der Waals surface area (Å²) < 4.78 is 16.0. The largest absolute Gasteiger partial charge is 0.493 e. The summed E-state index contributed by atoms with van der Waals surface area (Å²) in [5.41, 5.74) is 2.87. The summed E-state index contributed by atoms with van der Waals surface area (Å²) in [6.45, 7) is 1.52. The second-order valence-corrected chi connectivity index (χ2v) is 7.41. The Morgan fingerprint density at radius 1 is 0.912 bits per heavy atom. The molecule has 2 aromatic heterocycles. The van der Waals surface area contributed by atoms with Crippen LogP contribution >= 0.6 is 0 Å². The maximum Gasteiger partial charge on any atom is 0.339 e. The minimum absolute atomic E-state index is 0.322. The van der Waals surface area contributed by atoms with Crippen molar-refractivity contribution in [2.45, 2.75) is 13.0 Å². The highest BCUT2D eigenvalue weighted by atomic mass is 16.5. The molecule has 1 unspecified atom stereocenters. The van der Waals surface area contributed by atoms with E-state index in [4.69, 9.17) is 14.2 Å². The van der Waals surface area contributed by atoms with Crippen LogP contribution in [0.4, 0.5) is 5.69 Å². The number of aromatic nitrogens is 2. The summed E-state index contributed by atoms with van der Waals surface area (Å²) in [6.07, 6.45) is 2.27. The summed E-state index contributed by atoms with van der Waals surface area (Å²) in [7, 11) is 3.04. The van der Waals surface area contributed by atoms with Gasteiger partial charge < -0.3 is 19.5 Å². The Morgan fingerprint density at radius 3 is 2.38 bits per heavy atom. The average molecular weight is 457 g/mol. The molecule has 34 heavy (non-hydrogen) atoms. The lowest BCUT2D eigenvalue weighted by Crippen LogP contribution is -2.30. The molecule has 172 valence electrons. The van der Waals surface area contributed by atoms with Crippen molar-refractivity contribution < 1.29 is 23.8 Å². The molecule has 8 heteroatoms. The number of anilines is 1. The van der Waals surface area contributed by atoms with Gasteiger partial charge >= 0.3 is 5.97 Å². The molecule has 0 saturated heterocycles. The van der Waals surface area contributed by atoms with E-state index in [1.807, 2.05) is 30.3 Å². The number of benzene rings is 2. The zero-order chi connectivity index (χ0) is 24.1. The van der Waals surface area contributed by atoms with E-state index in [1.54, 1.807) is 42.7 Å². The van der Waals surface area contributed by atoms with E-state index < -0.39 is 18.0 Å². The summed E-state index contributed by atoms with van der Waals surface area (Å²) in [5.74, 6) is -0.0939. The zero-order valence-electron chi connectivity index (χ0n) is 18.9. The Bertz CT molecular complexity index is 1340. The number of nitrogens with zero attached hydrogens (tertiary/aromatic N) is 2. The monoisotopic (exact) mass is 457 g/mol. The van der Waals surface area contributed by atoms with Crippen LogP contribution in [-0.2, 0) is 9.53 Å². The molecule has 2 aromatic carbocycles. The van der Waals surface area contributed by atoms with E-state index in [0.717, 1.165) is 5.56 Å². The molecule has 4 aromatic rings. The van der Waals surface area contributed by atoms with Crippen LogP contribution in [-0.4, -0.2) is 42.2 Å². The normalized spacial score (nSPS) is 11.5. The van der Waals surface area contributed by atoms with Crippen LogP contribution in [0.1, 0.15) is 17.3 Å². The zero-order valence-corrected chi connectivity index (χ0v) is 18.9. The van der Waals surface area contributed by atoms with Crippen LogP contribution in [0.2, 0.25) is 0 Å². The van der Waals surface area contributed by atoms with Crippen LogP contribution in [0.25, 0.3) is 22.2 Å². The number of methoxy groups -OCH3 is 2. The van der Waals surface area contributed by atoms with Crippen LogP contribution in [0.3, 0.4) is 0 Å². The third kappa shape index (κ3) is 4.80. The van der Waals surface area contributed by atoms with Crippen LogP contribution in [0.5, 0.6) is 11.5 Å². The maximum absolute atomic E-state index is 13.1. The van der Waals surface area contributed by atoms with Crippen LogP contribution < -0.4 is 14.8 Å². The lowest BCUT2D eigenvalue weighted by Gasteiger charge is -2.16. The van der Waals surface area contributed by atoms with Gasteiger partial charge in [0.05, 0.1) is 31.0 Å². The minimum atomic E-state index is -1.04. The van der Waals surface area contributed by atoms with Gasteiger partial charge in [0.1, 0.15) is 0 Å². The minimum Gasteiger partial charge on any atom is -0.493 e. The molecular formula is C26H23N3O5. The number of esters is 1. The van der Waals surface area contributed by atoms with Crippen molar-refractivity contribution in [3.05, 3.63) is 78.6 Å². The van der Waals surface area contributed by atoms with E-state index in [0.29, 0.717) is 39.3 Å². The third-order valence-electron chi connectivity index (χ3n) is 5.22. The molecule has 0 bridgehead atoms. The number of ether oxygens (including phenoxy) is 3. The Labute approximate surface area is 196 Å². The number of hydrogen-bond donors (Lipinski definition) is 1. The van der Waals surface area contributed by atoms with Crippen molar-refractivity contribution in [3.8, 4) is 22.8 Å². The van der Waals surface area contributed by atoms with E-state index in [-0.39, 0.29) is 0 Å². The predicted octanol–water partition coefficient (Wildman–Crippen LogP) is 4.50. The Morgan fingerprint density at radius 2 is 1.65 bits per heavy atom. The van der Waals surface area contributed by atoms with Gasteiger partial charge in [-0.25, -0.2) is 9.78 Å². The van der Waals surface area contributed by atoms with Crippen molar-refractivity contribution in [2.75, 3.05) is 19.5 Å². The van der Waals surface area contributed by atoms with Gasteiger partial charge in [0.25, 0.3) is 5.91 Å². The maximum atomic E-state index is 13.1. The molecule has 0 aliphatic carbocycles. The molecular weight excluding hydrogens is 434 g/mol. The molecule has 4 rings (SSSR count). The first kappa shape index (κ1) is 22.7. The SMILES string of the molecule is COc1ccc(NC(=O)C(C)OC(=O)c2cc(-c3ccncc3)nc3ccccc23)cc1OC. The molecule has 0 aliphatic rings. The summed E-state index contributed by atoms with van der Waals surface area (Å²) >= 11 is 0. The average Bonchev–Trinajstić information content (AvgIpc) is 2.88. The number of rotatable bonds is 7. The highest BCUT2D eigenvalue weighted by molar-refractivity contribution is 6.06. The smallest absolute Gasteiger partial charge is 0.339 e. The molecule has 8 nitrogen and oxygen atoms in total. The predicted molar refractivity (Wildman–Crippen MR) is 128 cm³/mol. The van der Waals surface area contributed by atoms with Gasteiger partial charge in [0.2, 0.25) is 0 Å². The number of hydrogen-bond acceptors (Lipinski definition) is 7. The Balaban J connectivity index is 1.56. The summed E-state index contributed by atoms with van der Waals surface area (Å²) in [5, 5.41) is 3.36. The second kappa shape index (κ2) is 9.99. The molecule has 0 spiro atoms. The Kier molecular flexibility index (Phi) is 6.68. The van der Waals surface area contributed by atoms with Crippen LogP contribution in [0.15, 0.2) is 73.1 Å². The van der Waals surface area contributed by atoms with Gasteiger partial charge in [0.15, 0.2) is 17.6 Å². The first-order valence-electron chi connectivity index (χ1n) is 10.5. The van der Waals surface area contributed by atoms with Crippen molar-refractivity contribution in [1.29, 1.82) is 0 Å². The van der Waals surface area contributed by atoms with E-state index in [1.165, 1.54) is 21.1 Å². The molecule has 1 amide bonds. The van der Waals surface area contributed by atoms with Gasteiger partial charge in [-0.2, -0.15) is 0 Å². The highest BCUT2D eigenvalue weighted by Gasteiger charge is 2.22. The molecule has 0 aliphatic heterocycles.